The van der Waals surface area contributed by atoms with E-state index in [1.54, 1.807) is 12.3 Å². The van der Waals surface area contributed by atoms with E-state index in [1.165, 1.54) is 10.7 Å². The zero-order valence-corrected chi connectivity index (χ0v) is 15.0. The zero-order chi connectivity index (χ0) is 18.2. The topological polar surface area (TPSA) is 78.8 Å². The molecule has 134 valence electrons. The number of unbranched alkanes of at least 4 members (excludes halogenated alkanes) is 1. The molecular weight excluding hydrogens is 318 g/mol. The highest BCUT2D eigenvalue weighted by atomic mass is 16.5. The number of nitrogens with two attached hydrogens (primary N) is 1. The third-order valence-corrected chi connectivity index (χ3v) is 3.53. The molecule has 0 radical (unpaired) electrons. The van der Waals surface area contributed by atoms with E-state index >= 15 is 0 Å². The summed E-state index contributed by atoms with van der Waals surface area (Å²) in [6.45, 7) is 7.04. The van der Waals surface area contributed by atoms with E-state index in [1.807, 2.05) is 32.0 Å². The molecule has 0 saturated heterocycles. The lowest BCUT2D eigenvalue weighted by Gasteiger charge is -2.12. The van der Waals surface area contributed by atoms with E-state index in [0.717, 1.165) is 24.0 Å². The second-order valence-corrected chi connectivity index (χ2v) is 5.69. The minimum Gasteiger partial charge on any atom is -0.490 e. The van der Waals surface area contributed by atoms with Crippen LogP contribution in [0.1, 0.15) is 37.8 Å². The van der Waals surface area contributed by atoms with Crippen LogP contribution in [0.4, 0.5) is 5.82 Å². The molecule has 0 spiro atoms. The predicted molar refractivity (Wildman–Crippen MR) is 101 cm³/mol. The first-order valence-electron chi connectivity index (χ1n) is 8.48. The number of ether oxygens (including phenoxy) is 2. The first kappa shape index (κ1) is 18.6. The van der Waals surface area contributed by atoms with Gasteiger partial charge < -0.3 is 15.2 Å². The molecule has 1 aromatic heterocycles. The van der Waals surface area contributed by atoms with Crippen molar-refractivity contribution >= 4 is 12.0 Å². The lowest BCUT2D eigenvalue weighted by atomic mass is 10.2. The van der Waals surface area contributed by atoms with Gasteiger partial charge in [0.15, 0.2) is 11.5 Å². The van der Waals surface area contributed by atoms with Crippen molar-refractivity contribution in [2.24, 2.45) is 5.10 Å². The van der Waals surface area contributed by atoms with Gasteiger partial charge in [-0.2, -0.15) is 9.78 Å². The molecule has 0 unspecified atom stereocenters. The number of hydrogen-bond donors (Lipinski definition) is 1. The molecule has 6 nitrogen and oxygen atoms in total. The molecule has 2 rings (SSSR count). The molecule has 0 saturated carbocycles. The van der Waals surface area contributed by atoms with Gasteiger partial charge in [-0.3, -0.25) is 4.79 Å². The largest absolute Gasteiger partial charge is 0.490 e. The normalized spacial score (nSPS) is 11.0. The molecule has 0 amide bonds. The van der Waals surface area contributed by atoms with Crippen molar-refractivity contribution in [3.05, 3.63) is 51.8 Å². The third-order valence-electron chi connectivity index (χ3n) is 3.53. The summed E-state index contributed by atoms with van der Waals surface area (Å²) in [5, 5.41) is 4.18. The van der Waals surface area contributed by atoms with Crippen LogP contribution in [0.15, 0.2) is 40.2 Å². The summed E-state index contributed by atoms with van der Waals surface area (Å²) in [5.74, 6) is 1.66. The van der Waals surface area contributed by atoms with E-state index in [9.17, 15) is 4.79 Å². The van der Waals surface area contributed by atoms with Crippen molar-refractivity contribution in [3.8, 4) is 11.5 Å². The Labute approximate surface area is 147 Å². The van der Waals surface area contributed by atoms with Gasteiger partial charge in [-0.1, -0.05) is 13.3 Å². The molecule has 2 N–H and O–H groups in total. The summed E-state index contributed by atoms with van der Waals surface area (Å²) in [6, 6.07) is 8.74. The Morgan fingerprint density at radius 1 is 1.16 bits per heavy atom. The Morgan fingerprint density at radius 3 is 2.64 bits per heavy atom. The number of pyridine rings is 1. The molecule has 25 heavy (non-hydrogen) atoms. The number of anilines is 1. The third kappa shape index (κ3) is 5.11. The number of nitrogens with zero attached hydrogens (tertiary/aromatic N) is 2. The second kappa shape index (κ2) is 8.92. The molecule has 0 aliphatic carbocycles. The quantitative estimate of drug-likeness (QED) is 0.590. The maximum absolute atomic E-state index is 12.0. The lowest BCUT2D eigenvalue weighted by molar-refractivity contribution is 0.272. The van der Waals surface area contributed by atoms with Crippen LogP contribution in [-0.2, 0) is 0 Å². The molecule has 0 atom stereocenters. The van der Waals surface area contributed by atoms with Crippen LogP contribution < -0.4 is 20.8 Å². The van der Waals surface area contributed by atoms with Crippen LogP contribution >= 0.6 is 0 Å². The number of hydrogen-bond acceptors (Lipinski definition) is 5. The standard InChI is InChI=1S/C19H25N3O3/c1-4-6-9-25-16-8-7-15(12-17(16)24-5-2)13-21-22-18(20)10-14(3)11-19(22)23/h7-8,10-13H,4-6,9,20H2,1-3H3/b21-13-. The van der Waals surface area contributed by atoms with Gasteiger partial charge in [0.1, 0.15) is 5.82 Å². The van der Waals surface area contributed by atoms with Gasteiger partial charge in [-0.05, 0) is 55.7 Å². The van der Waals surface area contributed by atoms with Gasteiger partial charge >= 0.3 is 0 Å². The highest BCUT2D eigenvalue weighted by Gasteiger charge is 2.06. The SMILES string of the molecule is CCCCOc1ccc(/C=N\n2c(N)cc(C)cc2=O)cc1OCC. The van der Waals surface area contributed by atoms with Gasteiger partial charge in [-0.25, -0.2) is 0 Å². The molecule has 0 bridgehead atoms. The summed E-state index contributed by atoms with van der Waals surface area (Å²) in [4.78, 5) is 12.0. The summed E-state index contributed by atoms with van der Waals surface area (Å²) in [5.41, 5.74) is 7.19. The fourth-order valence-corrected chi connectivity index (χ4v) is 2.29. The van der Waals surface area contributed by atoms with Gasteiger partial charge in [0.25, 0.3) is 5.56 Å². The highest BCUT2D eigenvalue weighted by molar-refractivity contribution is 5.81. The van der Waals surface area contributed by atoms with Crippen molar-refractivity contribution in [2.75, 3.05) is 18.9 Å². The van der Waals surface area contributed by atoms with Crippen molar-refractivity contribution in [1.82, 2.24) is 4.68 Å². The Morgan fingerprint density at radius 2 is 1.96 bits per heavy atom. The molecule has 2 aromatic rings. The fraction of sp³-hybridized carbons (Fsp3) is 0.368. The maximum Gasteiger partial charge on any atom is 0.273 e. The first-order chi connectivity index (χ1) is 12.0. The Balaban J connectivity index is 2.25. The van der Waals surface area contributed by atoms with Gasteiger partial charge in [0.05, 0.1) is 19.4 Å². The summed E-state index contributed by atoms with van der Waals surface area (Å²) in [6.07, 6.45) is 3.64. The number of nitrogen functional groups attached to an aromatic ring is 1. The zero-order valence-electron chi connectivity index (χ0n) is 15.0. The predicted octanol–water partition coefficient (Wildman–Crippen LogP) is 3.20. The average molecular weight is 343 g/mol. The van der Waals surface area contributed by atoms with Crippen molar-refractivity contribution in [3.63, 3.8) is 0 Å². The second-order valence-electron chi connectivity index (χ2n) is 5.69. The fourth-order valence-electron chi connectivity index (χ4n) is 2.29. The highest BCUT2D eigenvalue weighted by Crippen LogP contribution is 2.28. The van der Waals surface area contributed by atoms with Crippen LogP contribution in [0.2, 0.25) is 0 Å². The summed E-state index contributed by atoms with van der Waals surface area (Å²) < 4.78 is 12.6. The lowest BCUT2D eigenvalue weighted by Crippen LogP contribution is -2.19. The van der Waals surface area contributed by atoms with Crippen molar-refractivity contribution in [2.45, 2.75) is 33.6 Å². The molecule has 6 heteroatoms. The minimum atomic E-state index is -0.265. The maximum atomic E-state index is 12.0. The van der Waals surface area contributed by atoms with Crippen molar-refractivity contribution < 1.29 is 9.47 Å². The number of aryl methyl sites for hydroxylation is 1. The molecule has 0 aliphatic rings. The van der Waals surface area contributed by atoms with E-state index in [0.29, 0.717) is 30.5 Å². The van der Waals surface area contributed by atoms with Gasteiger partial charge in [0, 0.05) is 6.07 Å². The van der Waals surface area contributed by atoms with Crippen LogP contribution in [0.3, 0.4) is 0 Å². The summed E-state index contributed by atoms with van der Waals surface area (Å²) in [7, 11) is 0. The van der Waals surface area contributed by atoms with Crippen LogP contribution in [0.25, 0.3) is 0 Å². The minimum absolute atomic E-state index is 0.265. The van der Waals surface area contributed by atoms with E-state index in [4.69, 9.17) is 15.2 Å². The Bertz CT molecular complexity index is 797. The Hall–Kier alpha value is -2.76. The number of rotatable bonds is 8. The van der Waals surface area contributed by atoms with Crippen LogP contribution in [0.5, 0.6) is 11.5 Å². The molecule has 0 aliphatic heterocycles. The number of benzene rings is 1. The Kier molecular flexibility index (Phi) is 6.62. The first-order valence-corrected chi connectivity index (χ1v) is 8.48. The van der Waals surface area contributed by atoms with Gasteiger partial charge in [0.2, 0.25) is 0 Å². The molecule has 1 aromatic carbocycles. The monoisotopic (exact) mass is 343 g/mol. The molecule has 1 heterocycles. The average Bonchev–Trinajstić information content (AvgIpc) is 2.56. The van der Waals surface area contributed by atoms with Gasteiger partial charge in [-0.15, -0.1) is 0 Å². The smallest absolute Gasteiger partial charge is 0.273 e. The molecule has 0 fully saturated rings. The molecular formula is C19H25N3O3. The number of aromatic nitrogens is 1. The van der Waals surface area contributed by atoms with Crippen molar-refractivity contribution in [1.29, 1.82) is 0 Å². The summed E-state index contributed by atoms with van der Waals surface area (Å²) >= 11 is 0. The van der Waals surface area contributed by atoms with E-state index < -0.39 is 0 Å². The van der Waals surface area contributed by atoms with Crippen LogP contribution in [-0.4, -0.2) is 24.1 Å². The van der Waals surface area contributed by atoms with Crippen LogP contribution in [0, 0.1) is 6.92 Å². The van der Waals surface area contributed by atoms with E-state index in [-0.39, 0.29) is 5.56 Å². The van der Waals surface area contributed by atoms with E-state index in [2.05, 4.69) is 12.0 Å².